The summed E-state index contributed by atoms with van der Waals surface area (Å²) in [6.45, 7) is 5.81. The maximum Gasteiger partial charge on any atom is 0.0783 e. The normalized spacial score (nSPS) is 29.3. The molecule has 0 aliphatic carbocycles. The molecule has 0 N–H and O–H groups in total. The standard InChI is InChI=1S/C5H7NS/c1-4-5(2)7-3-6-4/h3-4H,2H2,1H3. The summed E-state index contributed by atoms with van der Waals surface area (Å²) in [5.74, 6) is 0. The Morgan fingerprint density at radius 1 is 2.00 bits per heavy atom. The Morgan fingerprint density at radius 2 is 2.71 bits per heavy atom. The van der Waals surface area contributed by atoms with E-state index in [0.717, 1.165) is 4.91 Å². The van der Waals surface area contributed by atoms with Crippen molar-refractivity contribution in [2.75, 3.05) is 0 Å². The molecule has 1 atom stereocenters. The van der Waals surface area contributed by atoms with E-state index in [2.05, 4.69) is 11.6 Å². The number of aliphatic imine (C=N–C) groups is 1. The molecule has 0 amide bonds. The number of nitrogens with zero attached hydrogens (tertiary/aromatic N) is 1. The molecule has 2 heteroatoms. The van der Waals surface area contributed by atoms with Gasteiger partial charge in [-0.05, 0) is 6.92 Å². The minimum atomic E-state index is 0.352. The van der Waals surface area contributed by atoms with Crippen LogP contribution in [0.15, 0.2) is 16.5 Å². The van der Waals surface area contributed by atoms with Gasteiger partial charge in [-0.2, -0.15) is 0 Å². The molecule has 0 aromatic heterocycles. The van der Waals surface area contributed by atoms with Crippen molar-refractivity contribution in [1.82, 2.24) is 0 Å². The Balaban J connectivity index is 2.62. The van der Waals surface area contributed by atoms with Crippen LogP contribution in [-0.2, 0) is 0 Å². The second-order valence-electron chi connectivity index (χ2n) is 1.51. The first-order chi connectivity index (χ1) is 3.30. The fourth-order valence-corrected chi connectivity index (χ4v) is 1.01. The van der Waals surface area contributed by atoms with Gasteiger partial charge in [-0.25, -0.2) is 0 Å². The molecule has 0 saturated heterocycles. The van der Waals surface area contributed by atoms with Crippen LogP contribution < -0.4 is 0 Å². The highest BCUT2D eigenvalue weighted by atomic mass is 32.2. The number of rotatable bonds is 0. The van der Waals surface area contributed by atoms with Gasteiger partial charge in [-0.15, -0.1) is 0 Å². The van der Waals surface area contributed by atoms with Gasteiger partial charge >= 0.3 is 0 Å². The zero-order valence-corrected chi connectivity index (χ0v) is 5.03. The predicted molar refractivity (Wildman–Crippen MR) is 34.7 cm³/mol. The molecular formula is C5H7NS. The van der Waals surface area contributed by atoms with Crippen molar-refractivity contribution in [3.05, 3.63) is 11.5 Å². The fourth-order valence-electron chi connectivity index (χ4n) is 0.371. The van der Waals surface area contributed by atoms with E-state index in [1.54, 1.807) is 11.8 Å². The lowest BCUT2D eigenvalue weighted by atomic mass is 10.4. The summed E-state index contributed by atoms with van der Waals surface area (Å²) in [5.41, 5.74) is 1.84. The van der Waals surface area contributed by atoms with Gasteiger partial charge in [0.1, 0.15) is 0 Å². The van der Waals surface area contributed by atoms with Crippen LogP contribution in [0.1, 0.15) is 6.92 Å². The van der Waals surface area contributed by atoms with Crippen molar-refractivity contribution < 1.29 is 0 Å². The molecule has 1 unspecified atom stereocenters. The first-order valence-corrected chi connectivity index (χ1v) is 3.06. The van der Waals surface area contributed by atoms with Gasteiger partial charge in [0.2, 0.25) is 0 Å². The Bertz CT molecular complexity index is 117. The molecule has 1 heterocycles. The van der Waals surface area contributed by atoms with Gasteiger partial charge in [-0.1, -0.05) is 18.3 Å². The second kappa shape index (κ2) is 1.70. The van der Waals surface area contributed by atoms with Gasteiger partial charge in [-0.3, -0.25) is 4.99 Å². The first-order valence-electron chi connectivity index (χ1n) is 2.18. The molecule has 1 nitrogen and oxygen atoms in total. The summed E-state index contributed by atoms with van der Waals surface area (Å²) < 4.78 is 0. The molecule has 0 spiro atoms. The van der Waals surface area contributed by atoms with Crippen molar-refractivity contribution in [3.63, 3.8) is 0 Å². The van der Waals surface area contributed by atoms with E-state index in [1.807, 2.05) is 12.5 Å². The molecule has 0 fully saturated rings. The third-order valence-corrected chi connectivity index (χ3v) is 1.83. The van der Waals surface area contributed by atoms with Crippen molar-refractivity contribution in [1.29, 1.82) is 0 Å². The number of hydrogen-bond acceptors (Lipinski definition) is 2. The maximum absolute atomic E-state index is 4.06. The van der Waals surface area contributed by atoms with Gasteiger partial charge < -0.3 is 0 Å². The van der Waals surface area contributed by atoms with E-state index in [-0.39, 0.29) is 0 Å². The van der Waals surface area contributed by atoms with E-state index < -0.39 is 0 Å². The van der Waals surface area contributed by atoms with Crippen molar-refractivity contribution in [3.8, 4) is 0 Å². The minimum absolute atomic E-state index is 0.352. The highest BCUT2D eigenvalue weighted by Crippen LogP contribution is 2.22. The zero-order chi connectivity index (χ0) is 5.28. The topological polar surface area (TPSA) is 12.4 Å². The molecule has 7 heavy (non-hydrogen) atoms. The van der Waals surface area contributed by atoms with E-state index in [0.29, 0.717) is 6.04 Å². The quantitative estimate of drug-likeness (QED) is 0.465. The third-order valence-electron chi connectivity index (χ3n) is 0.955. The molecule has 0 radical (unpaired) electrons. The smallest absolute Gasteiger partial charge is 0.0783 e. The molecule has 0 saturated carbocycles. The molecule has 38 valence electrons. The highest BCUT2D eigenvalue weighted by Gasteiger charge is 2.07. The largest absolute Gasteiger partial charge is 0.278 e. The molecule has 0 aromatic rings. The molecule has 1 aliphatic rings. The van der Waals surface area contributed by atoms with E-state index in [1.165, 1.54) is 0 Å². The highest BCUT2D eigenvalue weighted by molar-refractivity contribution is 8.15. The summed E-state index contributed by atoms with van der Waals surface area (Å²) in [4.78, 5) is 5.21. The van der Waals surface area contributed by atoms with Crippen LogP contribution in [0.25, 0.3) is 0 Å². The van der Waals surface area contributed by atoms with Crippen LogP contribution in [0, 0.1) is 0 Å². The maximum atomic E-state index is 4.06. The molecule has 0 bridgehead atoms. The SMILES string of the molecule is C=C1SC=NC1C. The van der Waals surface area contributed by atoms with Crippen molar-refractivity contribution >= 4 is 17.3 Å². The summed E-state index contributed by atoms with van der Waals surface area (Å²) in [7, 11) is 0. The minimum Gasteiger partial charge on any atom is -0.278 e. The van der Waals surface area contributed by atoms with Crippen LogP contribution in [0.5, 0.6) is 0 Å². The number of thioether (sulfide) groups is 1. The van der Waals surface area contributed by atoms with E-state index in [9.17, 15) is 0 Å². The first kappa shape index (κ1) is 4.91. The average Bonchev–Trinajstić information content (AvgIpc) is 1.91. The number of hydrogen-bond donors (Lipinski definition) is 0. The van der Waals surface area contributed by atoms with Crippen LogP contribution in [0.2, 0.25) is 0 Å². The molecule has 0 aromatic carbocycles. The monoisotopic (exact) mass is 113 g/mol. The Morgan fingerprint density at radius 3 is 2.86 bits per heavy atom. The van der Waals surface area contributed by atoms with Gasteiger partial charge in [0.05, 0.1) is 11.6 Å². The van der Waals surface area contributed by atoms with Crippen molar-refractivity contribution in [2.45, 2.75) is 13.0 Å². The lowest BCUT2D eigenvalue weighted by Crippen LogP contribution is -1.89. The van der Waals surface area contributed by atoms with Gasteiger partial charge in [0, 0.05) is 4.91 Å². The van der Waals surface area contributed by atoms with Crippen molar-refractivity contribution in [2.24, 2.45) is 4.99 Å². The Labute approximate surface area is 47.5 Å². The summed E-state index contributed by atoms with van der Waals surface area (Å²) >= 11 is 1.62. The zero-order valence-electron chi connectivity index (χ0n) is 4.22. The summed E-state index contributed by atoms with van der Waals surface area (Å²) in [6, 6.07) is 0.352. The lowest BCUT2D eigenvalue weighted by molar-refractivity contribution is 0.933. The molecular weight excluding hydrogens is 106 g/mol. The molecule has 1 aliphatic heterocycles. The van der Waals surface area contributed by atoms with E-state index >= 15 is 0 Å². The van der Waals surface area contributed by atoms with Crippen LogP contribution in [0.4, 0.5) is 0 Å². The van der Waals surface area contributed by atoms with Gasteiger partial charge in [0.15, 0.2) is 0 Å². The van der Waals surface area contributed by atoms with Crippen LogP contribution in [-0.4, -0.2) is 11.6 Å². The summed E-state index contributed by atoms with van der Waals surface area (Å²) in [6.07, 6.45) is 0. The summed E-state index contributed by atoms with van der Waals surface area (Å²) in [5, 5.41) is 0. The second-order valence-corrected chi connectivity index (χ2v) is 2.49. The lowest BCUT2D eigenvalue weighted by Gasteiger charge is -1.93. The fraction of sp³-hybridized carbons (Fsp3) is 0.400. The Hall–Kier alpha value is -0.240. The van der Waals surface area contributed by atoms with Crippen LogP contribution in [0.3, 0.4) is 0 Å². The molecule has 1 rings (SSSR count). The van der Waals surface area contributed by atoms with Gasteiger partial charge in [0.25, 0.3) is 0 Å². The van der Waals surface area contributed by atoms with Crippen LogP contribution >= 0.6 is 11.8 Å². The predicted octanol–water partition coefficient (Wildman–Crippen LogP) is 1.66. The third kappa shape index (κ3) is 0.855. The van der Waals surface area contributed by atoms with E-state index in [4.69, 9.17) is 0 Å². The Kier molecular flexibility index (Phi) is 1.19. The average molecular weight is 113 g/mol.